The first kappa shape index (κ1) is 15.6. The lowest BCUT2D eigenvalue weighted by molar-refractivity contribution is 0.0955. The molecule has 1 unspecified atom stereocenters. The number of aromatic nitrogens is 2. The minimum absolute atomic E-state index is 0.0999. The summed E-state index contributed by atoms with van der Waals surface area (Å²) in [6.45, 7) is 6.35. The van der Waals surface area contributed by atoms with E-state index >= 15 is 0 Å². The molecular weight excluding hydrogens is 310 g/mol. The maximum atomic E-state index is 12.5. The zero-order chi connectivity index (χ0) is 17.6. The molecule has 1 aromatic heterocycles. The van der Waals surface area contributed by atoms with E-state index < -0.39 is 0 Å². The Morgan fingerprint density at radius 2 is 1.72 bits per heavy atom. The third-order valence-corrected chi connectivity index (χ3v) is 4.70. The lowest BCUT2D eigenvalue weighted by Gasteiger charge is -2.18. The predicted octanol–water partition coefficient (Wildman–Crippen LogP) is 4.14. The van der Waals surface area contributed by atoms with Gasteiger partial charge in [-0.1, -0.05) is 61.9 Å². The molecule has 1 N–H and O–H groups in total. The molecule has 1 aliphatic rings. The quantitative estimate of drug-likeness (QED) is 0.784. The summed E-state index contributed by atoms with van der Waals surface area (Å²) < 4.78 is 1.93. The Balaban J connectivity index is 1.91. The predicted molar refractivity (Wildman–Crippen MR) is 98.1 cm³/mol. The minimum atomic E-state index is -0.141. The summed E-state index contributed by atoms with van der Waals surface area (Å²) in [7, 11) is 0. The zero-order valence-corrected chi connectivity index (χ0v) is 14.7. The van der Waals surface area contributed by atoms with E-state index in [1.54, 1.807) is 0 Å². The number of hydrogen-bond acceptors (Lipinski definition) is 2. The molecule has 1 amide bonds. The number of fused-ring (bicyclic) bond motifs is 1. The maximum Gasteiger partial charge on any atom is 0.272 e. The van der Waals surface area contributed by atoms with Crippen molar-refractivity contribution in [3.63, 3.8) is 0 Å². The largest absolute Gasteiger partial charge is 0.340 e. The highest BCUT2D eigenvalue weighted by Gasteiger charge is 2.37. The first-order valence-electron chi connectivity index (χ1n) is 8.62. The number of amides is 1. The molecule has 0 fully saturated rings. The number of aryl methyl sites for hydroxylation is 1. The number of nitrogens with zero attached hydrogens (tertiary/aromatic N) is 2. The second-order valence-electron chi connectivity index (χ2n) is 6.87. The normalized spacial score (nSPS) is 16.2. The Hall–Kier alpha value is -2.88. The molecule has 0 spiro atoms. The smallest absolute Gasteiger partial charge is 0.272 e. The van der Waals surface area contributed by atoms with Gasteiger partial charge in [-0.3, -0.25) is 4.79 Å². The van der Waals surface area contributed by atoms with Crippen LogP contribution < -0.4 is 5.32 Å². The van der Waals surface area contributed by atoms with Crippen LogP contribution in [0, 0.1) is 6.92 Å². The van der Waals surface area contributed by atoms with Crippen LogP contribution in [0.5, 0.6) is 0 Å². The molecule has 25 heavy (non-hydrogen) atoms. The molecule has 2 aromatic carbocycles. The van der Waals surface area contributed by atoms with Gasteiger partial charge in [-0.05, 0) is 30.5 Å². The Morgan fingerprint density at radius 3 is 2.36 bits per heavy atom. The highest BCUT2D eigenvalue weighted by molar-refractivity contribution is 5.98. The van der Waals surface area contributed by atoms with Crippen LogP contribution in [0.1, 0.15) is 58.7 Å². The number of nitrogens with one attached hydrogen (secondary N) is 1. The van der Waals surface area contributed by atoms with Crippen LogP contribution in [0.25, 0.3) is 5.69 Å². The summed E-state index contributed by atoms with van der Waals surface area (Å²) in [6.07, 6.45) is 0. The molecule has 0 aliphatic carbocycles. The lowest BCUT2D eigenvalue weighted by Crippen LogP contribution is -2.22. The highest BCUT2D eigenvalue weighted by atomic mass is 16.2. The summed E-state index contributed by atoms with van der Waals surface area (Å²) in [4.78, 5) is 12.5. The van der Waals surface area contributed by atoms with Gasteiger partial charge in [-0.25, -0.2) is 4.68 Å². The average Bonchev–Trinajstić information content (AvgIpc) is 3.15. The molecular formula is C21H21N3O. The van der Waals surface area contributed by atoms with Gasteiger partial charge in [0.2, 0.25) is 0 Å². The number of para-hydroxylation sites is 1. The van der Waals surface area contributed by atoms with E-state index in [1.165, 1.54) is 5.56 Å². The van der Waals surface area contributed by atoms with Gasteiger partial charge in [0.25, 0.3) is 5.91 Å². The van der Waals surface area contributed by atoms with E-state index in [0.29, 0.717) is 5.69 Å². The minimum Gasteiger partial charge on any atom is -0.340 e. The molecule has 0 radical (unpaired) electrons. The van der Waals surface area contributed by atoms with Gasteiger partial charge in [-0.15, -0.1) is 0 Å². The first-order chi connectivity index (χ1) is 12.1. The summed E-state index contributed by atoms with van der Waals surface area (Å²) in [5.41, 5.74) is 5.91. The summed E-state index contributed by atoms with van der Waals surface area (Å²) >= 11 is 0. The Morgan fingerprint density at radius 1 is 1.04 bits per heavy atom. The highest BCUT2D eigenvalue weighted by Crippen LogP contribution is 2.37. The molecule has 4 rings (SSSR count). The number of rotatable bonds is 3. The van der Waals surface area contributed by atoms with E-state index in [0.717, 1.165) is 22.5 Å². The van der Waals surface area contributed by atoms with Crippen molar-refractivity contribution in [2.45, 2.75) is 32.7 Å². The van der Waals surface area contributed by atoms with E-state index in [-0.39, 0.29) is 17.9 Å². The van der Waals surface area contributed by atoms with Gasteiger partial charge in [0.15, 0.2) is 5.69 Å². The van der Waals surface area contributed by atoms with Crippen LogP contribution in [-0.2, 0) is 0 Å². The lowest BCUT2D eigenvalue weighted by atomic mass is 9.94. The van der Waals surface area contributed by atoms with Gasteiger partial charge in [0, 0.05) is 5.56 Å². The van der Waals surface area contributed by atoms with E-state index in [9.17, 15) is 4.79 Å². The first-order valence-corrected chi connectivity index (χ1v) is 8.62. The van der Waals surface area contributed by atoms with Gasteiger partial charge in [0.05, 0.1) is 17.4 Å². The number of benzene rings is 2. The van der Waals surface area contributed by atoms with Gasteiger partial charge < -0.3 is 5.32 Å². The van der Waals surface area contributed by atoms with Crippen molar-refractivity contribution in [1.29, 1.82) is 0 Å². The molecule has 3 aromatic rings. The van der Waals surface area contributed by atoms with E-state index in [4.69, 9.17) is 0 Å². The fourth-order valence-corrected chi connectivity index (χ4v) is 3.50. The Bertz CT molecular complexity index is 924. The zero-order valence-electron chi connectivity index (χ0n) is 14.7. The van der Waals surface area contributed by atoms with Crippen molar-refractivity contribution in [2.75, 3.05) is 0 Å². The fourth-order valence-electron chi connectivity index (χ4n) is 3.50. The van der Waals surface area contributed by atoms with Crippen LogP contribution in [0.15, 0.2) is 54.6 Å². The van der Waals surface area contributed by atoms with Crippen molar-refractivity contribution in [1.82, 2.24) is 15.1 Å². The second-order valence-corrected chi connectivity index (χ2v) is 6.87. The SMILES string of the molecule is Cc1ccc(C2NC(=O)c3nn(-c4ccccc4)c(C(C)C)c32)cc1. The Labute approximate surface area is 147 Å². The van der Waals surface area contributed by atoms with Crippen LogP contribution in [-0.4, -0.2) is 15.7 Å². The fraction of sp³-hybridized carbons (Fsp3) is 0.238. The van der Waals surface area contributed by atoms with Crippen molar-refractivity contribution >= 4 is 5.91 Å². The van der Waals surface area contributed by atoms with Gasteiger partial charge in [-0.2, -0.15) is 5.10 Å². The molecule has 1 atom stereocenters. The van der Waals surface area contributed by atoms with Crippen LogP contribution in [0.4, 0.5) is 0 Å². The maximum absolute atomic E-state index is 12.5. The molecule has 126 valence electrons. The Kier molecular flexibility index (Phi) is 3.68. The van der Waals surface area contributed by atoms with Crippen molar-refractivity contribution in [2.24, 2.45) is 0 Å². The van der Waals surface area contributed by atoms with Crippen LogP contribution in [0.2, 0.25) is 0 Å². The molecule has 4 heteroatoms. The van der Waals surface area contributed by atoms with E-state index in [2.05, 4.69) is 55.5 Å². The number of carbonyl (C=O) groups excluding carboxylic acids is 1. The summed E-state index contributed by atoms with van der Waals surface area (Å²) in [5, 5.41) is 7.76. The summed E-state index contributed by atoms with van der Waals surface area (Å²) in [5.74, 6) is 0.147. The summed E-state index contributed by atoms with van der Waals surface area (Å²) in [6, 6.07) is 18.2. The second kappa shape index (κ2) is 5.88. The molecule has 0 saturated carbocycles. The monoisotopic (exact) mass is 331 g/mol. The van der Waals surface area contributed by atoms with Crippen molar-refractivity contribution in [3.05, 3.63) is 82.7 Å². The van der Waals surface area contributed by atoms with Crippen molar-refractivity contribution in [3.8, 4) is 5.69 Å². The molecule has 2 heterocycles. The van der Waals surface area contributed by atoms with Crippen LogP contribution in [0.3, 0.4) is 0 Å². The van der Waals surface area contributed by atoms with Crippen molar-refractivity contribution < 1.29 is 4.79 Å². The topological polar surface area (TPSA) is 46.9 Å². The standard InChI is InChI=1S/C21H21N3O/c1-13(2)20-17-18(15-11-9-14(3)10-12-15)22-21(25)19(17)23-24(20)16-7-5-4-6-8-16/h4-13,18H,1-3H3,(H,22,25). The average molecular weight is 331 g/mol. The van der Waals surface area contributed by atoms with Crippen LogP contribution >= 0.6 is 0 Å². The molecule has 1 aliphatic heterocycles. The molecule has 0 saturated heterocycles. The number of hydrogen-bond donors (Lipinski definition) is 1. The molecule has 0 bridgehead atoms. The third-order valence-electron chi connectivity index (χ3n) is 4.70. The van der Waals surface area contributed by atoms with E-state index in [1.807, 2.05) is 35.0 Å². The number of carbonyl (C=O) groups is 1. The van der Waals surface area contributed by atoms with Gasteiger partial charge in [0.1, 0.15) is 0 Å². The van der Waals surface area contributed by atoms with Gasteiger partial charge >= 0.3 is 0 Å². The molecule has 4 nitrogen and oxygen atoms in total. The third kappa shape index (κ3) is 2.54.